The first-order valence-corrected chi connectivity index (χ1v) is 6.33. The maximum absolute atomic E-state index is 9.08. The lowest BCUT2D eigenvalue weighted by molar-refractivity contribution is 0.296. The minimum absolute atomic E-state index is 0.199. The van der Waals surface area contributed by atoms with E-state index in [0.29, 0.717) is 12.5 Å². The van der Waals surface area contributed by atoms with Gasteiger partial charge in [-0.15, -0.1) is 0 Å². The fourth-order valence-corrected chi connectivity index (χ4v) is 2.56. The summed E-state index contributed by atoms with van der Waals surface area (Å²) in [7, 11) is 0. The van der Waals surface area contributed by atoms with Crippen LogP contribution >= 0.6 is 15.9 Å². The standard InChI is InChI=1S/C13H16BrNO/c1-9(2)15-12(5-6-16)8-10-7-11(14)3-4-13(10)15/h3-4,7-9,16H,5-6H2,1-2H3. The molecule has 3 heteroatoms. The summed E-state index contributed by atoms with van der Waals surface area (Å²) in [5.74, 6) is 0. The van der Waals surface area contributed by atoms with Gasteiger partial charge in [0, 0.05) is 40.1 Å². The summed E-state index contributed by atoms with van der Waals surface area (Å²) in [5, 5.41) is 10.3. The highest BCUT2D eigenvalue weighted by molar-refractivity contribution is 9.10. The molecule has 1 N–H and O–H groups in total. The highest BCUT2D eigenvalue weighted by atomic mass is 79.9. The van der Waals surface area contributed by atoms with Crippen molar-refractivity contribution in [3.63, 3.8) is 0 Å². The first kappa shape index (κ1) is 11.7. The van der Waals surface area contributed by atoms with Gasteiger partial charge in [0.05, 0.1) is 0 Å². The van der Waals surface area contributed by atoms with Crippen LogP contribution in [0.2, 0.25) is 0 Å². The molecule has 1 aromatic heterocycles. The van der Waals surface area contributed by atoms with Crippen LogP contribution in [0.4, 0.5) is 0 Å². The average Bonchev–Trinajstić information content (AvgIpc) is 2.55. The average molecular weight is 282 g/mol. The summed E-state index contributed by atoms with van der Waals surface area (Å²) in [4.78, 5) is 0. The van der Waals surface area contributed by atoms with E-state index in [9.17, 15) is 0 Å². The van der Waals surface area contributed by atoms with Gasteiger partial charge < -0.3 is 9.67 Å². The van der Waals surface area contributed by atoms with Gasteiger partial charge in [-0.3, -0.25) is 0 Å². The Morgan fingerprint density at radius 1 is 1.31 bits per heavy atom. The number of benzene rings is 1. The van der Waals surface area contributed by atoms with E-state index in [0.717, 1.165) is 4.47 Å². The Morgan fingerprint density at radius 2 is 2.06 bits per heavy atom. The molecule has 0 aliphatic carbocycles. The molecule has 0 fully saturated rings. The predicted molar refractivity (Wildman–Crippen MR) is 70.8 cm³/mol. The molecule has 86 valence electrons. The number of nitrogens with zero attached hydrogens (tertiary/aromatic N) is 1. The van der Waals surface area contributed by atoms with Crippen LogP contribution < -0.4 is 0 Å². The van der Waals surface area contributed by atoms with Crippen molar-refractivity contribution in [1.82, 2.24) is 4.57 Å². The normalized spacial score (nSPS) is 11.6. The van der Waals surface area contributed by atoms with Crippen LogP contribution in [0.5, 0.6) is 0 Å². The number of aliphatic hydroxyl groups excluding tert-OH is 1. The first-order valence-electron chi connectivity index (χ1n) is 5.53. The van der Waals surface area contributed by atoms with Crippen molar-refractivity contribution >= 4 is 26.8 Å². The van der Waals surface area contributed by atoms with E-state index in [4.69, 9.17) is 5.11 Å². The largest absolute Gasteiger partial charge is 0.396 e. The maximum Gasteiger partial charge on any atom is 0.0485 e. The third-order valence-electron chi connectivity index (χ3n) is 2.76. The maximum atomic E-state index is 9.08. The number of aromatic nitrogens is 1. The lowest BCUT2D eigenvalue weighted by Gasteiger charge is -2.14. The molecule has 2 nitrogen and oxygen atoms in total. The van der Waals surface area contributed by atoms with E-state index >= 15 is 0 Å². The van der Waals surface area contributed by atoms with Gasteiger partial charge in [0.2, 0.25) is 0 Å². The molecule has 2 rings (SSSR count). The lowest BCUT2D eigenvalue weighted by atomic mass is 10.2. The summed E-state index contributed by atoms with van der Waals surface area (Å²) >= 11 is 3.48. The molecule has 0 saturated heterocycles. The van der Waals surface area contributed by atoms with Crippen molar-refractivity contribution in [1.29, 1.82) is 0 Å². The molecule has 16 heavy (non-hydrogen) atoms. The molecule has 1 heterocycles. The molecule has 0 aliphatic heterocycles. The Morgan fingerprint density at radius 3 is 2.69 bits per heavy atom. The quantitative estimate of drug-likeness (QED) is 0.915. The van der Waals surface area contributed by atoms with Gasteiger partial charge >= 0.3 is 0 Å². The van der Waals surface area contributed by atoms with Crippen LogP contribution in [0, 0.1) is 0 Å². The number of halogens is 1. The second-order valence-corrected chi connectivity index (χ2v) is 5.19. The Hall–Kier alpha value is -0.800. The molecular formula is C13H16BrNO. The van der Waals surface area contributed by atoms with Gasteiger partial charge in [0.1, 0.15) is 0 Å². The summed E-state index contributed by atoms with van der Waals surface area (Å²) in [5.41, 5.74) is 2.44. The van der Waals surface area contributed by atoms with E-state index in [1.165, 1.54) is 16.6 Å². The molecule has 0 saturated carbocycles. The van der Waals surface area contributed by atoms with Crippen molar-refractivity contribution in [2.24, 2.45) is 0 Å². The Bertz CT molecular complexity index is 502. The fraction of sp³-hybridized carbons (Fsp3) is 0.385. The Kier molecular flexibility index (Phi) is 3.36. The van der Waals surface area contributed by atoms with Gasteiger partial charge in [0.25, 0.3) is 0 Å². The van der Waals surface area contributed by atoms with Crippen molar-refractivity contribution < 1.29 is 5.11 Å². The molecule has 0 radical (unpaired) electrons. The summed E-state index contributed by atoms with van der Waals surface area (Å²) in [6, 6.07) is 8.88. The van der Waals surface area contributed by atoms with Crippen LogP contribution in [0.25, 0.3) is 10.9 Å². The van der Waals surface area contributed by atoms with Gasteiger partial charge in [0.15, 0.2) is 0 Å². The van der Waals surface area contributed by atoms with E-state index < -0.39 is 0 Å². The van der Waals surface area contributed by atoms with E-state index in [1.807, 2.05) is 0 Å². The molecule has 2 aromatic rings. The number of hydrogen-bond donors (Lipinski definition) is 1. The van der Waals surface area contributed by atoms with E-state index in [1.54, 1.807) is 0 Å². The lowest BCUT2D eigenvalue weighted by Crippen LogP contribution is -2.06. The third kappa shape index (κ3) is 2.02. The van der Waals surface area contributed by atoms with E-state index in [-0.39, 0.29) is 6.61 Å². The molecule has 0 atom stereocenters. The van der Waals surface area contributed by atoms with Gasteiger partial charge in [-0.1, -0.05) is 15.9 Å². The number of fused-ring (bicyclic) bond motifs is 1. The number of aliphatic hydroxyl groups is 1. The Balaban J connectivity index is 2.65. The predicted octanol–water partition coefficient (Wildman–Crippen LogP) is 3.52. The summed E-state index contributed by atoms with van der Waals surface area (Å²) in [6.45, 7) is 4.54. The van der Waals surface area contributed by atoms with Crippen LogP contribution in [0.15, 0.2) is 28.7 Å². The van der Waals surface area contributed by atoms with Crippen LogP contribution in [-0.4, -0.2) is 16.3 Å². The molecule has 1 aromatic carbocycles. The number of hydrogen-bond acceptors (Lipinski definition) is 1. The minimum Gasteiger partial charge on any atom is -0.396 e. The van der Waals surface area contributed by atoms with Crippen LogP contribution in [-0.2, 0) is 6.42 Å². The summed E-state index contributed by atoms with van der Waals surface area (Å²) < 4.78 is 3.38. The number of rotatable bonds is 3. The zero-order valence-corrected chi connectivity index (χ0v) is 11.2. The highest BCUT2D eigenvalue weighted by Gasteiger charge is 2.10. The van der Waals surface area contributed by atoms with Crippen molar-refractivity contribution in [2.45, 2.75) is 26.3 Å². The SMILES string of the molecule is CC(C)n1c(CCO)cc2cc(Br)ccc21. The Labute approximate surface area is 104 Å². The summed E-state index contributed by atoms with van der Waals surface area (Å²) in [6.07, 6.45) is 0.713. The van der Waals surface area contributed by atoms with Gasteiger partial charge in [-0.05, 0) is 38.1 Å². The fourth-order valence-electron chi connectivity index (χ4n) is 2.18. The molecule has 0 amide bonds. The second-order valence-electron chi connectivity index (χ2n) is 4.28. The second kappa shape index (κ2) is 4.60. The third-order valence-corrected chi connectivity index (χ3v) is 3.26. The molecule has 0 aliphatic rings. The van der Waals surface area contributed by atoms with Crippen molar-refractivity contribution in [3.8, 4) is 0 Å². The smallest absolute Gasteiger partial charge is 0.0485 e. The van der Waals surface area contributed by atoms with Crippen molar-refractivity contribution in [2.75, 3.05) is 6.61 Å². The van der Waals surface area contributed by atoms with Crippen molar-refractivity contribution in [3.05, 3.63) is 34.4 Å². The molecule has 0 bridgehead atoms. The highest BCUT2D eigenvalue weighted by Crippen LogP contribution is 2.27. The molecular weight excluding hydrogens is 266 g/mol. The topological polar surface area (TPSA) is 25.2 Å². The first-order chi connectivity index (χ1) is 7.63. The molecule has 0 unspecified atom stereocenters. The zero-order valence-electron chi connectivity index (χ0n) is 9.57. The van der Waals surface area contributed by atoms with Gasteiger partial charge in [-0.25, -0.2) is 0 Å². The zero-order chi connectivity index (χ0) is 11.7. The monoisotopic (exact) mass is 281 g/mol. The van der Waals surface area contributed by atoms with Gasteiger partial charge in [-0.2, -0.15) is 0 Å². The van der Waals surface area contributed by atoms with E-state index in [2.05, 4.69) is 58.6 Å². The van der Waals surface area contributed by atoms with Crippen LogP contribution in [0.3, 0.4) is 0 Å². The minimum atomic E-state index is 0.199. The van der Waals surface area contributed by atoms with Crippen LogP contribution in [0.1, 0.15) is 25.6 Å². The molecule has 0 spiro atoms.